The van der Waals surface area contributed by atoms with Crippen molar-refractivity contribution in [3.8, 4) is 0 Å². The molecule has 10 heteroatoms. The van der Waals surface area contributed by atoms with Crippen LogP contribution in [0.2, 0.25) is 0 Å². The Morgan fingerprint density at radius 1 is 1.46 bits per heavy atom. The molecule has 2 aromatic rings. The third kappa shape index (κ3) is 3.43. The predicted molar refractivity (Wildman–Crippen MR) is 89.3 cm³/mol. The summed E-state index contributed by atoms with van der Waals surface area (Å²) in [7, 11) is -1.90. The molecule has 3 rings (SSSR count). The SMILES string of the molecule is CNC(=O)c1c[nH]c2c(N3CCC(OP(C)(=O)O)CC3)ncnc12. The highest BCUT2D eigenvalue weighted by atomic mass is 31.2. The van der Waals surface area contributed by atoms with Gasteiger partial charge >= 0.3 is 7.60 Å². The highest BCUT2D eigenvalue weighted by molar-refractivity contribution is 7.51. The van der Waals surface area contributed by atoms with Crippen molar-refractivity contribution in [1.82, 2.24) is 20.3 Å². The molecule has 1 aliphatic heterocycles. The van der Waals surface area contributed by atoms with Gasteiger partial charge in [0.1, 0.15) is 17.4 Å². The molecular formula is C14H20N5O4P. The minimum absolute atomic E-state index is 0.209. The third-order valence-corrected chi connectivity index (χ3v) is 4.69. The molecule has 1 fully saturated rings. The van der Waals surface area contributed by atoms with Gasteiger partial charge in [-0.2, -0.15) is 0 Å². The standard InChI is InChI=1S/C14H20N5O4P/c1-15-14(20)10-7-16-12-11(10)17-8-18-13(12)19-5-3-9(4-6-19)23-24(2,21)22/h7-9,16H,3-6H2,1-2H3,(H,15,20)(H,21,22). The predicted octanol–water partition coefficient (Wildman–Crippen LogP) is 1.12. The number of carbonyl (C=O) groups is 1. The van der Waals surface area contributed by atoms with E-state index in [4.69, 9.17) is 4.52 Å². The number of carbonyl (C=O) groups excluding carboxylic acids is 1. The molecule has 1 unspecified atom stereocenters. The molecule has 1 amide bonds. The van der Waals surface area contributed by atoms with Crippen molar-refractivity contribution in [3.63, 3.8) is 0 Å². The van der Waals surface area contributed by atoms with Crippen LogP contribution in [-0.4, -0.2) is 58.7 Å². The number of fused-ring (bicyclic) bond motifs is 1. The van der Waals surface area contributed by atoms with Crippen LogP contribution in [0, 0.1) is 0 Å². The molecule has 130 valence electrons. The van der Waals surface area contributed by atoms with Gasteiger partial charge in [-0.1, -0.05) is 0 Å². The quantitative estimate of drug-likeness (QED) is 0.704. The Kier molecular flexibility index (Phi) is 4.58. The van der Waals surface area contributed by atoms with E-state index in [0.717, 1.165) is 5.82 Å². The fourth-order valence-corrected chi connectivity index (χ4v) is 3.69. The van der Waals surface area contributed by atoms with Crippen LogP contribution < -0.4 is 10.2 Å². The molecule has 1 atom stereocenters. The number of aromatic amines is 1. The van der Waals surface area contributed by atoms with Crippen LogP contribution in [0.3, 0.4) is 0 Å². The fourth-order valence-electron chi connectivity index (χ4n) is 2.92. The molecule has 9 nitrogen and oxygen atoms in total. The Labute approximate surface area is 139 Å². The second-order valence-corrected chi connectivity index (χ2v) is 7.61. The number of rotatable bonds is 4. The van der Waals surface area contributed by atoms with Gasteiger partial charge in [-0.05, 0) is 12.8 Å². The zero-order valence-corrected chi connectivity index (χ0v) is 14.4. The molecule has 0 aliphatic carbocycles. The molecule has 24 heavy (non-hydrogen) atoms. The van der Waals surface area contributed by atoms with Gasteiger partial charge in [0, 0.05) is 33.0 Å². The number of hydrogen-bond acceptors (Lipinski definition) is 6. The minimum atomic E-state index is -3.47. The average molecular weight is 353 g/mol. The van der Waals surface area contributed by atoms with Gasteiger partial charge in [0.25, 0.3) is 5.91 Å². The second kappa shape index (κ2) is 6.51. The van der Waals surface area contributed by atoms with Crippen LogP contribution in [0.4, 0.5) is 5.82 Å². The number of nitrogens with one attached hydrogen (secondary N) is 2. The van der Waals surface area contributed by atoms with Gasteiger partial charge in [0.05, 0.1) is 11.7 Å². The van der Waals surface area contributed by atoms with Crippen molar-refractivity contribution in [2.75, 3.05) is 31.7 Å². The van der Waals surface area contributed by atoms with Crippen molar-refractivity contribution in [3.05, 3.63) is 18.1 Å². The summed E-state index contributed by atoms with van der Waals surface area (Å²) in [5.74, 6) is 0.511. The first-order valence-electron chi connectivity index (χ1n) is 7.67. The number of amides is 1. The average Bonchev–Trinajstić information content (AvgIpc) is 2.97. The molecule has 1 saturated heterocycles. The van der Waals surface area contributed by atoms with Crippen molar-refractivity contribution in [2.24, 2.45) is 0 Å². The molecule has 3 N–H and O–H groups in total. The Morgan fingerprint density at radius 3 is 2.79 bits per heavy atom. The molecule has 0 saturated carbocycles. The lowest BCUT2D eigenvalue weighted by Gasteiger charge is -2.33. The number of nitrogens with zero attached hydrogens (tertiary/aromatic N) is 3. The maximum Gasteiger partial charge on any atom is 0.325 e. The van der Waals surface area contributed by atoms with Crippen LogP contribution in [0.25, 0.3) is 11.0 Å². The van der Waals surface area contributed by atoms with Gasteiger partial charge in [-0.3, -0.25) is 9.36 Å². The number of hydrogen-bond donors (Lipinski definition) is 3. The molecule has 0 spiro atoms. The Morgan fingerprint density at radius 2 is 2.17 bits per heavy atom. The van der Waals surface area contributed by atoms with Crippen molar-refractivity contribution >= 4 is 30.4 Å². The van der Waals surface area contributed by atoms with Gasteiger partial charge in [0.15, 0.2) is 5.82 Å². The lowest BCUT2D eigenvalue weighted by Crippen LogP contribution is -2.37. The van der Waals surface area contributed by atoms with Gasteiger partial charge in [0.2, 0.25) is 0 Å². The number of H-pyrrole nitrogens is 1. The van der Waals surface area contributed by atoms with Crippen LogP contribution in [0.5, 0.6) is 0 Å². The molecule has 0 bridgehead atoms. The van der Waals surface area contributed by atoms with E-state index in [1.54, 1.807) is 13.2 Å². The van der Waals surface area contributed by atoms with E-state index in [0.29, 0.717) is 42.5 Å². The fraction of sp³-hybridized carbons (Fsp3) is 0.500. The number of anilines is 1. The van der Waals surface area contributed by atoms with Gasteiger partial charge in [-0.25, -0.2) is 9.97 Å². The lowest BCUT2D eigenvalue weighted by molar-refractivity contribution is 0.0964. The molecule has 0 aromatic carbocycles. The first-order chi connectivity index (χ1) is 11.4. The Hall–Kier alpha value is -1.96. The van der Waals surface area contributed by atoms with Gasteiger partial charge in [-0.15, -0.1) is 0 Å². The van der Waals surface area contributed by atoms with Crippen LogP contribution in [0.15, 0.2) is 12.5 Å². The summed E-state index contributed by atoms with van der Waals surface area (Å²) in [5, 5.41) is 2.59. The summed E-state index contributed by atoms with van der Waals surface area (Å²) >= 11 is 0. The minimum Gasteiger partial charge on any atom is -0.356 e. The summed E-state index contributed by atoms with van der Waals surface area (Å²) in [6.07, 6.45) is 4.09. The van der Waals surface area contributed by atoms with E-state index in [1.165, 1.54) is 13.0 Å². The van der Waals surface area contributed by atoms with Crippen molar-refractivity contribution in [2.45, 2.75) is 18.9 Å². The molecule has 0 radical (unpaired) electrons. The van der Waals surface area contributed by atoms with E-state index in [1.807, 2.05) is 0 Å². The van der Waals surface area contributed by atoms with Crippen LogP contribution >= 0.6 is 7.60 Å². The molecule has 1 aliphatic rings. The highest BCUT2D eigenvalue weighted by Gasteiger charge is 2.27. The zero-order chi connectivity index (χ0) is 17.3. The van der Waals surface area contributed by atoms with Gasteiger partial charge < -0.3 is 24.6 Å². The van der Waals surface area contributed by atoms with E-state index >= 15 is 0 Å². The summed E-state index contributed by atoms with van der Waals surface area (Å²) < 4.78 is 16.6. The highest BCUT2D eigenvalue weighted by Crippen LogP contribution is 2.40. The summed E-state index contributed by atoms with van der Waals surface area (Å²) in [5.41, 5.74) is 1.76. The zero-order valence-electron chi connectivity index (χ0n) is 13.5. The smallest absolute Gasteiger partial charge is 0.325 e. The Balaban J connectivity index is 1.80. The van der Waals surface area contributed by atoms with Crippen molar-refractivity contribution in [1.29, 1.82) is 0 Å². The lowest BCUT2D eigenvalue weighted by atomic mass is 10.1. The Bertz CT molecular complexity index is 794. The maximum atomic E-state index is 11.9. The normalized spacial score (nSPS) is 18.5. The van der Waals surface area contributed by atoms with Crippen LogP contribution in [-0.2, 0) is 9.09 Å². The summed E-state index contributed by atoms with van der Waals surface area (Å²) in [4.78, 5) is 34.9. The largest absolute Gasteiger partial charge is 0.356 e. The van der Waals surface area contributed by atoms with Crippen LogP contribution in [0.1, 0.15) is 23.2 Å². The van der Waals surface area contributed by atoms with E-state index in [-0.39, 0.29) is 12.0 Å². The maximum absolute atomic E-state index is 11.9. The molecule has 3 heterocycles. The second-order valence-electron chi connectivity index (χ2n) is 5.80. The molecule has 2 aromatic heterocycles. The number of aromatic nitrogens is 3. The van der Waals surface area contributed by atoms with E-state index < -0.39 is 7.60 Å². The molecular weight excluding hydrogens is 333 g/mol. The number of piperidine rings is 1. The first-order valence-corrected chi connectivity index (χ1v) is 9.69. The van der Waals surface area contributed by atoms with E-state index in [2.05, 4.69) is 25.2 Å². The van der Waals surface area contributed by atoms with E-state index in [9.17, 15) is 14.3 Å². The first kappa shape index (κ1) is 16.9. The monoisotopic (exact) mass is 353 g/mol. The topological polar surface area (TPSA) is 120 Å². The summed E-state index contributed by atoms with van der Waals surface area (Å²) in [6, 6.07) is 0. The van der Waals surface area contributed by atoms with Crippen molar-refractivity contribution < 1.29 is 18.8 Å². The summed E-state index contributed by atoms with van der Waals surface area (Å²) in [6.45, 7) is 2.49. The third-order valence-electron chi connectivity index (χ3n) is 4.00.